The van der Waals surface area contributed by atoms with Crippen LogP contribution in [0.1, 0.15) is 29.8 Å². The Morgan fingerprint density at radius 1 is 1.10 bits per heavy atom. The van der Waals surface area contributed by atoms with E-state index < -0.39 is 11.7 Å². The number of carbonyl (C=O) groups is 1. The third kappa shape index (κ3) is 4.48. The third-order valence-electron chi connectivity index (χ3n) is 4.70. The van der Waals surface area contributed by atoms with Crippen molar-refractivity contribution in [2.45, 2.75) is 36.5 Å². The highest BCUT2D eigenvalue weighted by molar-refractivity contribution is 7.98. The summed E-state index contributed by atoms with van der Waals surface area (Å²) in [5.74, 6) is 1.52. The smallest absolute Gasteiger partial charge is 0.335 e. The first-order chi connectivity index (χ1) is 14.4. The van der Waals surface area contributed by atoms with Gasteiger partial charge in [0.1, 0.15) is 5.82 Å². The van der Waals surface area contributed by atoms with E-state index in [0.717, 1.165) is 18.6 Å². The molecule has 1 fully saturated rings. The molecule has 1 amide bonds. The van der Waals surface area contributed by atoms with Crippen LogP contribution < -0.4 is 0 Å². The fourth-order valence-corrected chi connectivity index (χ4v) is 4.14. The van der Waals surface area contributed by atoms with Crippen LogP contribution in [0.2, 0.25) is 0 Å². The standard InChI is InChI=1S/C20H18F3N5OS/c21-20(22,23)15-6-3-5-14(11-15)13-30-19-26-25-17(12-27-10-4-8-18(27)29)28(19)16-7-1-2-9-24-16/h1-3,5-7,9,11H,4,8,10,12-13H2. The minimum absolute atomic E-state index is 0.0729. The van der Waals surface area contributed by atoms with Gasteiger partial charge in [-0.05, 0) is 30.2 Å². The molecule has 156 valence electrons. The molecule has 0 radical (unpaired) electrons. The molecule has 2 aromatic heterocycles. The molecule has 30 heavy (non-hydrogen) atoms. The van der Waals surface area contributed by atoms with Gasteiger partial charge in [-0.15, -0.1) is 10.2 Å². The number of hydrogen-bond donors (Lipinski definition) is 0. The molecule has 1 aliphatic heterocycles. The highest BCUT2D eigenvalue weighted by Crippen LogP contribution is 2.31. The highest BCUT2D eigenvalue weighted by Gasteiger charge is 2.30. The average Bonchev–Trinajstić information content (AvgIpc) is 3.33. The first-order valence-electron chi connectivity index (χ1n) is 9.34. The van der Waals surface area contributed by atoms with Gasteiger partial charge in [0.25, 0.3) is 0 Å². The maximum absolute atomic E-state index is 13.0. The van der Waals surface area contributed by atoms with E-state index in [9.17, 15) is 18.0 Å². The van der Waals surface area contributed by atoms with Gasteiger partial charge in [-0.2, -0.15) is 13.2 Å². The van der Waals surface area contributed by atoms with Crippen molar-refractivity contribution in [2.75, 3.05) is 6.54 Å². The summed E-state index contributed by atoms with van der Waals surface area (Å²) in [6.07, 6.45) is -1.41. The monoisotopic (exact) mass is 433 g/mol. The topological polar surface area (TPSA) is 63.9 Å². The lowest BCUT2D eigenvalue weighted by Crippen LogP contribution is -2.25. The van der Waals surface area contributed by atoms with Crippen molar-refractivity contribution in [3.63, 3.8) is 0 Å². The van der Waals surface area contributed by atoms with E-state index in [2.05, 4.69) is 15.2 Å². The zero-order chi connectivity index (χ0) is 21.1. The second kappa shape index (κ2) is 8.47. The number of thioether (sulfide) groups is 1. The average molecular weight is 433 g/mol. The van der Waals surface area contributed by atoms with E-state index in [4.69, 9.17) is 0 Å². The van der Waals surface area contributed by atoms with Gasteiger partial charge >= 0.3 is 6.18 Å². The number of alkyl halides is 3. The summed E-state index contributed by atoms with van der Waals surface area (Å²) in [7, 11) is 0. The lowest BCUT2D eigenvalue weighted by Gasteiger charge is -2.16. The molecule has 0 atom stereocenters. The number of halogens is 3. The molecule has 1 aromatic carbocycles. The Kier molecular flexibility index (Phi) is 5.76. The summed E-state index contributed by atoms with van der Waals surface area (Å²) >= 11 is 1.27. The highest BCUT2D eigenvalue weighted by atomic mass is 32.2. The fraction of sp³-hybridized carbons (Fsp3) is 0.300. The Morgan fingerprint density at radius 2 is 1.97 bits per heavy atom. The van der Waals surface area contributed by atoms with Crippen LogP contribution >= 0.6 is 11.8 Å². The first kappa shape index (κ1) is 20.4. The molecular weight excluding hydrogens is 415 g/mol. The Morgan fingerprint density at radius 3 is 2.67 bits per heavy atom. The van der Waals surface area contributed by atoms with Crippen molar-refractivity contribution in [3.8, 4) is 5.82 Å². The van der Waals surface area contributed by atoms with Crippen LogP contribution in [-0.4, -0.2) is 37.1 Å². The molecule has 0 aliphatic carbocycles. The fourth-order valence-electron chi connectivity index (χ4n) is 3.24. The van der Waals surface area contributed by atoms with Crippen molar-refractivity contribution in [3.05, 3.63) is 65.6 Å². The molecule has 6 nitrogen and oxygen atoms in total. The molecule has 10 heteroatoms. The number of likely N-dealkylation sites (tertiary alicyclic amines) is 1. The van der Waals surface area contributed by atoms with Crippen LogP contribution in [0.5, 0.6) is 0 Å². The number of rotatable bonds is 6. The van der Waals surface area contributed by atoms with Gasteiger partial charge in [0.15, 0.2) is 11.0 Å². The maximum Gasteiger partial charge on any atom is 0.416 e. The van der Waals surface area contributed by atoms with Gasteiger partial charge < -0.3 is 4.90 Å². The number of carbonyl (C=O) groups excluding carboxylic acids is 1. The number of hydrogen-bond acceptors (Lipinski definition) is 5. The summed E-state index contributed by atoms with van der Waals surface area (Å²) in [6.45, 7) is 0.979. The van der Waals surface area contributed by atoms with Gasteiger partial charge in [-0.1, -0.05) is 36.0 Å². The predicted molar refractivity (Wildman–Crippen MR) is 105 cm³/mol. The van der Waals surface area contributed by atoms with Crippen LogP contribution in [-0.2, 0) is 23.3 Å². The van der Waals surface area contributed by atoms with E-state index in [1.807, 2.05) is 6.07 Å². The second-order valence-electron chi connectivity index (χ2n) is 6.83. The van der Waals surface area contributed by atoms with Gasteiger partial charge in [-0.25, -0.2) is 4.98 Å². The van der Waals surface area contributed by atoms with E-state index in [1.54, 1.807) is 33.9 Å². The maximum atomic E-state index is 13.0. The molecule has 0 spiro atoms. The molecule has 4 rings (SSSR count). The molecule has 1 saturated heterocycles. The van der Waals surface area contributed by atoms with Crippen molar-refractivity contribution in [2.24, 2.45) is 0 Å². The van der Waals surface area contributed by atoms with Gasteiger partial charge in [-0.3, -0.25) is 9.36 Å². The van der Waals surface area contributed by atoms with Gasteiger partial charge in [0, 0.05) is 24.9 Å². The zero-order valence-corrected chi connectivity index (χ0v) is 16.7. The molecule has 0 saturated carbocycles. The van der Waals surface area contributed by atoms with Crippen LogP contribution in [0.15, 0.2) is 53.8 Å². The van der Waals surface area contributed by atoms with Crippen LogP contribution in [0.3, 0.4) is 0 Å². The molecule has 0 N–H and O–H groups in total. The third-order valence-corrected chi connectivity index (χ3v) is 5.70. The number of pyridine rings is 1. The number of aromatic nitrogens is 4. The lowest BCUT2D eigenvalue weighted by molar-refractivity contribution is -0.137. The minimum atomic E-state index is -4.38. The summed E-state index contributed by atoms with van der Waals surface area (Å²) in [5.41, 5.74) is -0.151. The number of benzene rings is 1. The van der Waals surface area contributed by atoms with E-state index in [0.29, 0.717) is 41.9 Å². The molecule has 1 aliphatic rings. The molecule has 0 unspecified atom stereocenters. The Balaban J connectivity index is 1.59. The summed E-state index contributed by atoms with van der Waals surface area (Å²) in [5, 5.41) is 8.97. The Bertz CT molecular complexity index is 1040. The minimum Gasteiger partial charge on any atom is -0.335 e. The lowest BCUT2D eigenvalue weighted by atomic mass is 10.1. The molecule has 0 bridgehead atoms. The van der Waals surface area contributed by atoms with E-state index >= 15 is 0 Å². The quantitative estimate of drug-likeness (QED) is 0.548. The number of amides is 1. The second-order valence-corrected chi connectivity index (χ2v) is 7.77. The first-order valence-corrected chi connectivity index (χ1v) is 10.3. The summed E-state index contributed by atoms with van der Waals surface area (Å²) < 4.78 is 40.7. The predicted octanol–water partition coefficient (Wildman–Crippen LogP) is 4.10. The van der Waals surface area contributed by atoms with Crippen LogP contribution in [0.25, 0.3) is 5.82 Å². The van der Waals surface area contributed by atoms with E-state index in [1.165, 1.54) is 17.8 Å². The van der Waals surface area contributed by atoms with Crippen molar-refractivity contribution >= 4 is 17.7 Å². The Hall–Kier alpha value is -2.88. The summed E-state index contributed by atoms with van der Waals surface area (Å²) in [6, 6.07) is 10.6. The number of nitrogens with zero attached hydrogens (tertiary/aromatic N) is 5. The molecule has 3 aromatic rings. The van der Waals surface area contributed by atoms with E-state index in [-0.39, 0.29) is 11.7 Å². The molecule has 3 heterocycles. The SMILES string of the molecule is O=C1CCCN1Cc1nnc(SCc2cccc(C(F)(F)F)c2)n1-c1ccccn1. The van der Waals surface area contributed by atoms with Gasteiger partial charge in [0.2, 0.25) is 5.91 Å². The van der Waals surface area contributed by atoms with Crippen molar-refractivity contribution < 1.29 is 18.0 Å². The zero-order valence-electron chi connectivity index (χ0n) is 15.8. The van der Waals surface area contributed by atoms with Gasteiger partial charge in [0.05, 0.1) is 12.1 Å². The van der Waals surface area contributed by atoms with Crippen LogP contribution in [0.4, 0.5) is 13.2 Å². The Labute approximate surface area is 175 Å². The summed E-state index contributed by atoms with van der Waals surface area (Å²) in [4.78, 5) is 18.1. The van der Waals surface area contributed by atoms with Crippen molar-refractivity contribution in [1.82, 2.24) is 24.6 Å². The largest absolute Gasteiger partial charge is 0.416 e. The normalized spacial score (nSPS) is 14.5. The van der Waals surface area contributed by atoms with Crippen molar-refractivity contribution in [1.29, 1.82) is 0 Å². The van der Waals surface area contributed by atoms with Crippen LogP contribution in [0, 0.1) is 0 Å². The molecular formula is C20H18F3N5OS.